The Kier molecular flexibility index (Phi) is 7.99. The number of rotatable bonds is 5. The molecule has 2 nitrogen and oxygen atoms in total. The number of pyridine rings is 1. The van der Waals surface area contributed by atoms with Crippen LogP contribution in [0.3, 0.4) is 0 Å². The van der Waals surface area contributed by atoms with Crippen molar-refractivity contribution in [2.24, 2.45) is 0 Å². The zero-order valence-electron chi connectivity index (χ0n) is 10.3. The molecule has 0 saturated carbocycles. The van der Waals surface area contributed by atoms with Gasteiger partial charge in [0.2, 0.25) is 0 Å². The molecule has 0 saturated heterocycles. The summed E-state index contributed by atoms with van der Waals surface area (Å²) >= 11 is 0. The molecule has 0 unspecified atom stereocenters. The first-order valence-electron chi connectivity index (χ1n) is 5.28. The maximum Gasteiger partial charge on any atom is 1.00 e. The largest absolute Gasteiger partial charge is 1.00 e. The van der Waals surface area contributed by atoms with Crippen molar-refractivity contribution >= 4 is 12.4 Å². The molecule has 1 rings (SSSR count). The van der Waals surface area contributed by atoms with Gasteiger partial charge in [-0.25, -0.2) is 0 Å². The van der Waals surface area contributed by atoms with Crippen molar-refractivity contribution in [3.05, 3.63) is 18.5 Å². The Hall–Kier alpha value is 0.441. The van der Waals surface area contributed by atoms with Crippen LogP contribution in [0.2, 0.25) is 0 Å². The molecule has 0 aromatic carbocycles. The number of ether oxygens (including phenoxy) is 1. The van der Waals surface area contributed by atoms with Gasteiger partial charge < -0.3 is 17.7 Å². The zero-order chi connectivity index (χ0) is 12.2. The Bertz CT molecular complexity index is 345. The van der Waals surface area contributed by atoms with E-state index in [0.717, 1.165) is 25.1 Å². The molecule has 0 aliphatic carbocycles. The summed E-state index contributed by atoms with van der Waals surface area (Å²) in [5, 5.41) is 0. The fourth-order valence-electron chi connectivity index (χ4n) is 1.33. The van der Waals surface area contributed by atoms with E-state index in [9.17, 15) is 12.9 Å². The maximum absolute atomic E-state index is 12.4. The van der Waals surface area contributed by atoms with Gasteiger partial charge in [0.15, 0.2) is 0 Å². The maximum atomic E-state index is 12.4. The molecule has 0 aliphatic heterocycles. The third kappa shape index (κ3) is 5.74. The van der Waals surface area contributed by atoms with E-state index in [-0.39, 0.29) is 63.2 Å². The fourth-order valence-corrected chi connectivity index (χ4v) is 1.33. The second-order valence-electron chi connectivity index (χ2n) is 3.59. The molecule has 7 heteroatoms. The quantitative estimate of drug-likeness (QED) is 0.686. The molecule has 17 heavy (non-hydrogen) atoms. The second-order valence-corrected chi connectivity index (χ2v) is 3.59. The smallest absolute Gasteiger partial charge is 0.489 e. The summed E-state index contributed by atoms with van der Waals surface area (Å²) in [6.07, 6.45) is 3.59. The van der Waals surface area contributed by atoms with Crippen molar-refractivity contribution in [2.45, 2.75) is 32.8 Å². The van der Waals surface area contributed by atoms with Gasteiger partial charge in [-0.1, -0.05) is 19.3 Å². The fraction of sp³-hybridized carbons (Fsp3) is 0.500. The van der Waals surface area contributed by atoms with Gasteiger partial charge in [0.05, 0.1) is 12.3 Å². The number of nitrogens with zero attached hydrogens (tertiary/aromatic N) is 1. The van der Waals surface area contributed by atoms with Crippen molar-refractivity contribution in [1.82, 2.24) is 4.98 Å². The zero-order valence-corrected chi connectivity index (χ0v) is 13.4. The predicted molar refractivity (Wildman–Crippen MR) is 57.9 cm³/mol. The molecule has 0 fully saturated rings. The SMILES string of the molecule is CCC(CC)Oc1cncc([B-](F)(F)F)c1.[K+]. The van der Waals surface area contributed by atoms with Crippen LogP contribution in [0.5, 0.6) is 5.75 Å². The standard InChI is InChI=1S/C10H14BF3NO.K/c1-3-9(4-2)16-10-5-8(6-15-7-10)11(12,13)14;/h5-7,9H,3-4H2,1-2H3;/q-1;+1. The summed E-state index contributed by atoms with van der Waals surface area (Å²) < 4.78 is 42.7. The van der Waals surface area contributed by atoms with E-state index in [1.54, 1.807) is 0 Å². The average molecular weight is 271 g/mol. The first-order valence-corrected chi connectivity index (χ1v) is 5.28. The Labute approximate surface area is 142 Å². The Morgan fingerprint density at radius 1 is 1.24 bits per heavy atom. The summed E-state index contributed by atoms with van der Waals surface area (Å²) in [5.74, 6) is 0.186. The first kappa shape index (κ1) is 17.4. The minimum Gasteiger partial charge on any atom is -0.489 e. The summed E-state index contributed by atoms with van der Waals surface area (Å²) in [6.45, 7) is -1.15. The van der Waals surface area contributed by atoms with Gasteiger partial charge in [0, 0.05) is 6.20 Å². The molecule has 1 aromatic heterocycles. The number of aromatic nitrogens is 1. The second kappa shape index (κ2) is 7.78. The van der Waals surface area contributed by atoms with E-state index in [4.69, 9.17) is 4.74 Å². The predicted octanol–water partition coefficient (Wildman–Crippen LogP) is -0.293. The topological polar surface area (TPSA) is 22.1 Å². The van der Waals surface area contributed by atoms with Gasteiger partial charge in [-0.15, -0.1) is 0 Å². The van der Waals surface area contributed by atoms with Crippen LogP contribution in [0.1, 0.15) is 26.7 Å². The molecule has 1 aromatic rings. The van der Waals surface area contributed by atoms with E-state index in [1.807, 2.05) is 13.8 Å². The van der Waals surface area contributed by atoms with Gasteiger partial charge in [0.1, 0.15) is 5.75 Å². The number of halogens is 3. The van der Waals surface area contributed by atoms with Crippen molar-refractivity contribution < 1.29 is 69.1 Å². The van der Waals surface area contributed by atoms with Gasteiger partial charge in [-0.2, -0.15) is 0 Å². The van der Waals surface area contributed by atoms with Gasteiger partial charge >= 0.3 is 58.4 Å². The number of hydrogen-bond acceptors (Lipinski definition) is 2. The molecule has 1 heterocycles. The minimum atomic E-state index is -5.01. The number of hydrogen-bond donors (Lipinski definition) is 0. The molecule has 0 radical (unpaired) electrons. The third-order valence-electron chi connectivity index (χ3n) is 2.33. The monoisotopic (exact) mass is 271 g/mol. The Morgan fingerprint density at radius 2 is 1.82 bits per heavy atom. The molecule has 0 amide bonds. The van der Waals surface area contributed by atoms with E-state index >= 15 is 0 Å². The van der Waals surface area contributed by atoms with Gasteiger partial charge in [-0.05, 0) is 18.9 Å². The average Bonchev–Trinajstić information content (AvgIpc) is 2.25. The molecule has 0 N–H and O–H groups in total. The molecular weight excluding hydrogens is 257 g/mol. The molecule has 90 valence electrons. The summed E-state index contributed by atoms with van der Waals surface area (Å²) in [6, 6.07) is 1.01. The van der Waals surface area contributed by atoms with Crippen LogP contribution >= 0.6 is 0 Å². The van der Waals surface area contributed by atoms with Crippen LogP contribution in [-0.4, -0.2) is 18.1 Å². The minimum absolute atomic E-state index is 0. The van der Waals surface area contributed by atoms with Crippen molar-refractivity contribution in [3.63, 3.8) is 0 Å². The Morgan fingerprint density at radius 3 is 2.29 bits per heavy atom. The third-order valence-corrected chi connectivity index (χ3v) is 2.33. The summed E-state index contributed by atoms with van der Waals surface area (Å²) in [4.78, 5) is 3.54. The first-order chi connectivity index (χ1) is 7.47. The van der Waals surface area contributed by atoms with Crippen LogP contribution in [0.25, 0.3) is 0 Å². The van der Waals surface area contributed by atoms with Crippen molar-refractivity contribution in [3.8, 4) is 5.75 Å². The molecule has 0 bridgehead atoms. The summed E-state index contributed by atoms with van der Waals surface area (Å²) in [5.41, 5.74) is -0.719. The van der Waals surface area contributed by atoms with Crippen LogP contribution in [0.4, 0.5) is 12.9 Å². The van der Waals surface area contributed by atoms with Gasteiger partial charge in [0.25, 0.3) is 0 Å². The van der Waals surface area contributed by atoms with Crippen LogP contribution < -0.4 is 61.6 Å². The van der Waals surface area contributed by atoms with Gasteiger partial charge in [-0.3, -0.25) is 4.98 Å². The van der Waals surface area contributed by atoms with Crippen LogP contribution in [0.15, 0.2) is 18.5 Å². The van der Waals surface area contributed by atoms with E-state index in [2.05, 4.69) is 4.98 Å². The van der Waals surface area contributed by atoms with E-state index in [0.29, 0.717) is 0 Å². The molecule has 0 spiro atoms. The van der Waals surface area contributed by atoms with E-state index < -0.39 is 12.4 Å². The molecule has 0 aliphatic rings. The van der Waals surface area contributed by atoms with Crippen molar-refractivity contribution in [2.75, 3.05) is 0 Å². The molecule has 0 atom stereocenters. The molecular formula is C10H14BF3KNO. The Balaban J connectivity index is 0.00000256. The van der Waals surface area contributed by atoms with E-state index in [1.165, 1.54) is 6.20 Å². The van der Waals surface area contributed by atoms with Crippen LogP contribution in [-0.2, 0) is 0 Å². The van der Waals surface area contributed by atoms with Crippen molar-refractivity contribution in [1.29, 1.82) is 0 Å². The van der Waals surface area contributed by atoms with Crippen LogP contribution in [0, 0.1) is 0 Å². The summed E-state index contributed by atoms with van der Waals surface area (Å²) in [7, 11) is 0. The normalized spacial score (nSPS) is 11.2.